The van der Waals surface area contributed by atoms with Crippen LogP contribution >= 0.6 is 0 Å². The largest absolute Gasteiger partial charge is 0.395 e. The maximum absolute atomic E-state index is 11.9. The molecule has 1 heterocycles. The summed E-state index contributed by atoms with van der Waals surface area (Å²) in [5.74, 6) is 0.417. The molecule has 1 aromatic heterocycles. The van der Waals surface area contributed by atoms with Crippen molar-refractivity contribution in [1.29, 1.82) is 0 Å². The zero-order chi connectivity index (χ0) is 14.4. The average Bonchev–Trinajstić information content (AvgIpc) is 2.57. The van der Waals surface area contributed by atoms with Crippen molar-refractivity contribution in [3.05, 3.63) is 11.4 Å². The summed E-state index contributed by atoms with van der Waals surface area (Å²) in [5.41, 5.74) is 7.32. The lowest BCUT2D eigenvalue weighted by Crippen LogP contribution is -2.29. The summed E-state index contributed by atoms with van der Waals surface area (Å²) in [6.07, 6.45) is 1.03. The Kier molecular flexibility index (Phi) is 5.82. The maximum Gasteiger partial charge on any atom is 0.271 e. The molecule has 0 unspecified atom stereocenters. The van der Waals surface area contributed by atoms with Gasteiger partial charge in [0.05, 0.1) is 18.0 Å². The van der Waals surface area contributed by atoms with Gasteiger partial charge in [0.25, 0.3) is 5.91 Å². The van der Waals surface area contributed by atoms with E-state index in [1.807, 2.05) is 0 Å². The lowest BCUT2D eigenvalue weighted by molar-refractivity contribution is 0.0898. The molecule has 0 spiro atoms. The smallest absolute Gasteiger partial charge is 0.271 e. The van der Waals surface area contributed by atoms with Crippen LogP contribution in [0, 0.1) is 12.8 Å². The van der Waals surface area contributed by atoms with Crippen molar-refractivity contribution >= 4 is 11.6 Å². The quantitative estimate of drug-likeness (QED) is 0.726. The fraction of sp³-hybridized carbons (Fsp3) is 0.692. The summed E-state index contributed by atoms with van der Waals surface area (Å²) < 4.78 is 6.93. The van der Waals surface area contributed by atoms with E-state index in [-0.39, 0.29) is 5.91 Å². The monoisotopic (exact) mass is 268 g/mol. The second-order valence-corrected chi connectivity index (χ2v) is 5.02. The number of rotatable bonds is 7. The standard InChI is InChI=1S/C13H24N4O2/c1-9(2)5-7-19-8-6-15-13(18)12-11(14)10(3)16-17(12)4/h9H,5-8,14H2,1-4H3,(H,15,18). The molecule has 0 atom stereocenters. The molecule has 0 aromatic carbocycles. The number of carbonyl (C=O) groups is 1. The van der Waals surface area contributed by atoms with Gasteiger partial charge in [0.2, 0.25) is 0 Å². The molecule has 0 aliphatic carbocycles. The van der Waals surface area contributed by atoms with Crippen LogP contribution in [0.4, 0.5) is 5.69 Å². The van der Waals surface area contributed by atoms with Crippen LogP contribution in [-0.2, 0) is 11.8 Å². The van der Waals surface area contributed by atoms with E-state index < -0.39 is 0 Å². The number of nitrogens with two attached hydrogens (primary N) is 1. The summed E-state index contributed by atoms with van der Waals surface area (Å²) in [6, 6.07) is 0. The number of hydrogen-bond donors (Lipinski definition) is 2. The van der Waals surface area contributed by atoms with Crippen LogP contribution in [0.5, 0.6) is 0 Å². The van der Waals surface area contributed by atoms with Gasteiger partial charge in [0.1, 0.15) is 5.69 Å². The molecular weight excluding hydrogens is 244 g/mol. The van der Waals surface area contributed by atoms with Crippen molar-refractivity contribution in [2.24, 2.45) is 13.0 Å². The van der Waals surface area contributed by atoms with Gasteiger partial charge >= 0.3 is 0 Å². The number of aromatic nitrogens is 2. The van der Waals surface area contributed by atoms with Gasteiger partial charge in [0, 0.05) is 20.2 Å². The van der Waals surface area contributed by atoms with Crippen molar-refractivity contribution in [3.63, 3.8) is 0 Å². The molecule has 1 rings (SSSR count). The molecule has 1 amide bonds. The third kappa shape index (κ3) is 4.55. The second-order valence-electron chi connectivity index (χ2n) is 5.02. The summed E-state index contributed by atoms with van der Waals surface area (Å²) in [6.45, 7) is 7.79. The molecule has 0 aliphatic rings. The number of anilines is 1. The van der Waals surface area contributed by atoms with Crippen LogP contribution < -0.4 is 11.1 Å². The van der Waals surface area contributed by atoms with Crippen molar-refractivity contribution < 1.29 is 9.53 Å². The molecule has 108 valence electrons. The van der Waals surface area contributed by atoms with Gasteiger partial charge in [0.15, 0.2) is 0 Å². The van der Waals surface area contributed by atoms with Gasteiger partial charge in [-0.2, -0.15) is 5.10 Å². The fourth-order valence-corrected chi connectivity index (χ4v) is 1.69. The zero-order valence-corrected chi connectivity index (χ0v) is 12.2. The highest BCUT2D eigenvalue weighted by Gasteiger charge is 2.17. The highest BCUT2D eigenvalue weighted by molar-refractivity contribution is 5.97. The van der Waals surface area contributed by atoms with Crippen LogP contribution in [0.2, 0.25) is 0 Å². The van der Waals surface area contributed by atoms with Gasteiger partial charge in [-0.3, -0.25) is 9.48 Å². The Morgan fingerprint density at radius 2 is 2.16 bits per heavy atom. The van der Waals surface area contributed by atoms with Crippen molar-refractivity contribution in [2.75, 3.05) is 25.5 Å². The normalized spacial score (nSPS) is 11.0. The van der Waals surface area contributed by atoms with E-state index in [4.69, 9.17) is 10.5 Å². The van der Waals surface area contributed by atoms with Gasteiger partial charge in [-0.25, -0.2) is 0 Å². The molecule has 19 heavy (non-hydrogen) atoms. The third-order valence-corrected chi connectivity index (χ3v) is 2.86. The molecule has 0 saturated carbocycles. The van der Waals surface area contributed by atoms with E-state index >= 15 is 0 Å². The average molecular weight is 268 g/mol. The Morgan fingerprint density at radius 3 is 2.68 bits per heavy atom. The summed E-state index contributed by atoms with van der Waals surface area (Å²) >= 11 is 0. The molecule has 0 fully saturated rings. The first kappa shape index (κ1) is 15.5. The fourth-order valence-electron chi connectivity index (χ4n) is 1.69. The Hall–Kier alpha value is -1.56. The van der Waals surface area contributed by atoms with Crippen molar-refractivity contribution in [3.8, 4) is 0 Å². The Labute approximate surface area is 114 Å². The van der Waals surface area contributed by atoms with E-state index in [1.54, 1.807) is 14.0 Å². The number of nitrogens with zero attached hydrogens (tertiary/aromatic N) is 2. The number of nitrogen functional groups attached to an aromatic ring is 1. The Balaban J connectivity index is 2.32. The molecule has 6 nitrogen and oxygen atoms in total. The number of amides is 1. The lowest BCUT2D eigenvalue weighted by atomic mass is 10.1. The van der Waals surface area contributed by atoms with E-state index in [0.717, 1.165) is 13.0 Å². The van der Waals surface area contributed by atoms with Crippen LogP contribution in [0.25, 0.3) is 0 Å². The second kappa shape index (κ2) is 7.13. The first-order valence-electron chi connectivity index (χ1n) is 6.58. The Morgan fingerprint density at radius 1 is 1.47 bits per heavy atom. The van der Waals surface area contributed by atoms with E-state index in [1.165, 1.54) is 4.68 Å². The van der Waals surface area contributed by atoms with Crippen LogP contribution in [0.1, 0.15) is 36.5 Å². The summed E-state index contributed by atoms with van der Waals surface area (Å²) in [4.78, 5) is 11.9. The predicted octanol–water partition coefficient (Wildman–Crippen LogP) is 1.10. The van der Waals surface area contributed by atoms with Gasteiger partial charge < -0.3 is 15.8 Å². The highest BCUT2D eigenvalue weighted by Crippen LogP contribution is 2.14. The molecule has 0 aliphatic heterocycles. The van der Waals surface area contributed by atoms with Gasteiger partial charge in [-0.05, 0) is 19.3 Å². The maximum atomic E-state index is 11.9. The van der Waals surface area contributed by atoms with E-state index in [9.17, 15) is 4.79 Å². The zero-order valence-electron chi connectivity index (χ0n) is 12.2. The number of ether oxygens (including phenoxy) is 1. The highest BCUT2D eigenvalue weighted by atomic mass is 16.5. The molecular formula is C13H24N4O2. The van der Waals surface area contributed by atoms with Gasteiger partial charge in [-0.15, -0.1) is 0 Å². The number of nitrogens with one attached hydrogen (secondary N) is 1. The van der Waals surface area contributed by atoms with Crippen LogP contribution in [0.3, 0.4) is 0 Å². The Bertz CT molecular complexity index is 427. The van der Waals surface area contributed by atoms with Crippen LogP contribution in [0.15, 0.2) is 0 Å². The molecule has 6 heteroatoms. The van der Waals surface area contributed by atoms with Gasteiger partial charge in [-0.1, -0.05) is 13.8 Å². The summed E-state index contributed by atoms with van der Waals surface area (Å²) in [5, 5.41) is 6.89. The van der Waals surface area contributed by atoms with E-state index in [0.29, 0.717) is 36.1 Å². The minimum Gasteiger partial charge on any atom is -0.395 e. The number of aryl methyl sites for hydroxylation is 2. The predicted molar refractivity (Wildman–Crippen MR) is 75.0 cm³/mol. The minimum absolute atomic E-state index is 0.215. The topological polar surface area (TPSA) is 82.2 Å². The molecule has 0 saturated heterocycles. The molecule has 3 N–H and O–H groups in total. The number of carbonyl (C=O) groups excluding carboxylic acids is 1. The first-order chi connectivity index (χ1) is 8.93. The third-order valence-electron chi connectivity index (χ3n) is 2.86. The summed E-state index contributed by atoms with van der Waals surface area (Å²) in [7, 11) is 1.71. The van der Waals surface area contributed by atoms with Crippen molar-refractivity contribution in [2.45, 2.75) is 27.2 Å². The molecule has 0 radical (unpaired) electrons. The number of hydrogen-bond acceptors (Lipinski definition) is 4. The molecule has 0 bridgehead atoms. The molecule has 1 aromatic rings. The van der Waals surface area contributed by atoms with E-state index in [2.05, 4.69) is 24.3 Å². The lowest BCUT2D eigenvalue weighted by Gasteiger charge is -2.08. The van der Waals surface area contributed by atoms with Crippen molar-refractivity contribution in [1.82, 2.24) is 15.1 Å². The minimum atomic E-state index is -0.215. The SMILES string of the molecule is Cc1nn(C)c(C(=O)NCCOCCC(C)C)c1N. The first-order valence-corrected chi connectivity index (χ1v) is 6.58. The van der Waals surface area contributed by atoms with Crippen LogP contribution in [-0.4, -0.2) is 35.4 Å².